The number of hydrogen-bond donors (Lipinski definition) is 2. The van der Waals surface area contributed by atoms with Gasteiger partial charge in [0, 0.05) is 6.54 Å². The van der Waals surface area contributed by atoms with Gasteiger partial charge in [-0.2, -0.15) is 0 Å². The average Bonchev–Trinajstić information content (AvgIpc) is 2.25. The molecule has 0 spiro atoms. The molecule has 0 unspecified atom stereocenters. The highest BCUT2D eigenvalue weighted by molar-refractivity contribution is 7.89. The molecule has 1 aromatic rings. The molecule has 0 fully saturated rings. The average molecular weight is 299 g/mol. The van der Waals surface area contributed by atoms with Gasteiger partial charge in [0.15, 0.2) is 0 Å². The molecule has 0 heterocycles. The van der Waals surface area contributed by atoms with Gasteiger partial charge in [0.25, 0.3) is 0 Å². The summed E-state index contributed by atoms with van der Waals surface area (Å²) in [6.45, 7) is 1.20. The Balaban J connectivity index is 2.81. The maximum Gasteiger partial charge on any atom is 0.573 e. The van der Waals surface area contributed by atoms with E-state index >= 15 is 0 Å². The predicted octanol–water partition coefficient (Wildman–Crippen LogP) is 1.24. The van der Waals surface area contributed by atoms with Crippen LogP contribution in [0.4, 0.5) is 13.2 Å². The Hall–Kier alpha value is -1.32. The highest BCUT2D eigenvalue weighted by Gasteiger charge is 2.31. The highest BCUT2D eigenvalue weighted by Crippen LogP contribution is 2.23. The highest BCUT2D eigenvalue weighted by atomic mass is 32.2. The summed E-state index contributed by atoms with van der Waals surface area (Å²) in [4.78, 5) is -0.220. The first-order valence-electron chi connectivity index (χ1n) is 5.14. The van der Waals surface area contributed by atoms with Gasteiger partial charge < -0.3 is 9.84 Å². The van der Waals surface area contributed by atoms with Crippen LogP contribution in [0.3, 0.4) is 0 Å². The molecule has 0 saturated carbocycles. The third kappa shape index (κ3) is 5.45. The van der Waals surface area contributed by atoms with Gasteiger partial charge in [-0.05, 0) is 31.2 Å². The largest absolute Gasteiger partial charge is 0.573 e. The second-order valence-corrected chi connectivity index (χ2v) is 5.49. The molecule has 0 radical (unpaired) electrons. The topological polar surface area (TPSA) is 75.6 Å². The smallest absolute Gasteiger partial charge is 0.406 e. The molecular weight excluding hydrogens is 287 g/mol. The van der Waals surface area contributed by atoms with Gasteiger partial charge in [0.1, 0.15) is 5.75 Å². The molecule has 0 saturated heterocycles. The number of ether oxygens (including phenoxy) is 1. The van der Waals surface area contributed by atoms with Crippen molar-refractivity contribution in [2.75, 3.05) is 6.54 Å². The van der Waals surface area contributed by atoms with Gasteiger partial charge in [-0.1, -0.05) is 0 Å². The summed E-state index contributed by atoms with van der Waals surface area (Å²) in [7, 11) is -3.86. The first-order chi connectivity index (χ1) is 8.60. The molecule has 0 bridgehead atoms. The van der Waals surface area contributed by atoms with Crippen molar-refractivity contribution in [2.24, 2.45) is 0 Å². The molecule has 0 aliphatic rings. The monoisotopic (exact) mass is 299 g/mol. The third-order valence-corrected chi connectivity index (χ3v) is 3.38. The van der Waals surface area contributed by atoms with Crippen molar-refractivity contribution < 1.29 is 31.4 Å². The van der Waals surface area contributed by atoms with E-state index in [0.29, 0.717) is 0 Å². The van der Waals surface area contributed by atoms with Gasteiger partial charge in [-0.25, -0.2) is 13.1 Å². The number of benzene rings is 1. The Morgan fingerprint density at radius 3 is 2.26 bits per heavy atom. The number of rotatable bonds is 5. The second kappa shape index (κ2) is 5.76. The number of aliphatic hydroxyl groups is 1. The summed E-state index contributed by atoms with van der Waals surface area (Å²) in [5.41, 5.74) is 0. The molecule has 2 N–H and O–H groups in total. The van der Waals surface area contributed by atoms with E-state index in [2.05, 4.69) is 9.46 Å². The van der Waals surface area contributed by atoms with Crippen LogP contribution in [-0.4, -0.2) is 32.5 Å². The van der Waals surface area contributed by atoms with Gasteiger partial charge >= 0.3 is 6.36 Å². The van der Waals surface area contributed by atoms with E-state index in [1.54, 1.807) is 0 Å². The van der Waals surface area contributed by atoms with Crippen LogP contribution in [0.25, 0.3) is 0 Å². The molecule has 19 heavy (non-hydrogen) atoms. The van der Waals surface area contributed by atoms with Crippen LogP contribution in [0.15, 0.2) is 29.2 Å². The van der Waals surface area contributed by atoms with Gasteiger partial charge in [0.05, 0.1) is 11.0 Å². The van der Waals surface area contributed by atoms with Crippen LogP contribution in [0.2, 0.25) is 0 Å². The van der Waals surface area contributed by atoms with Crippen LogP contribution >= 0.6 is 0 Å². The van der Waals surface area contributed by atoms with E-state index in [9.17, 15) is 21.6 Å². The van der Waals surface area contributed by atoms with Crippen molar-refractivity contribution in [3.8, 4) is 5.75 Å². The zero-order valence-corrected chi connectivity index (χ0v) is 10.6. The normalized spacial score (nSPS) is 14.2. The number of halogens is 3. The lowest BCUT2D eigenvalue weighted by Gasteiger charge is -2.10. The third-order valence-electron chi connectivity index (χ3n) is 1.94. The van der Waals surface area contributed by atoms with Crippen molar-refractivity contribution in [3.63, 3.8) is 0 Å². The molecule has 0 aromatic heterocycles. The Kier molecular flexibility index (Phi) is 4.77. The molecule has 108 valence electrons. The summed E-state index contributed by atoms with van der Waals surface area (Å²) in [5, 5.41) is 8.96. The van der Waals surface area contributed by atoms with Crippen LogP contribution < -0.4 is 9.46 Å². The van der Waals surface area contributed by atoms with Crippen molar-refractivity contribution >= 4 is 10.0 Å². The minimum absolute atomic E-state index is 0.191. The first kappa shape index (κ1) is 15.7. The van der Waals surface area contributed by atoms with Gasteiger partial charge in [-0.3, -0.25) is 0 Å². The quantitative estimate of drug-likeness (QED) is 0.858. The van der Waals surface area contributed by atoms with E-state index < -0.39 is 28.2 Å². The summed E-state index contributed by atoms with van der Waals surface area (Å²) in [6.07, 6.45) is -5.70. The number of alkyl halides is 3. The maximum absolute atomic E-state index is 11.9. The lowest BCUT2D eigenvalue weighted by molar-refractivity contribution is -0.274. The molecule has 0 aliphatic carbocycles. The van der Waals surface area contributed by atoms with Crippen molar-refractivity contribution in [3.05, 3.63) is 24.3 Å². The minimum atomic E-state index is -4.83. The zero-order valence-electron chi connectivity index (χ0n) is 9.81. The maximum atomic E-state index is 11.9. The van der Waals surface area contributed by atoms with Crippen LogP contribution in [0.1, 0.15) is 6.92 Å². The lowest BCUT2D eigenvalue weighted by atomic mass is 10.3. The number of hydrogen-bond acceptors (Lipinski definition) is 4. The van der Waals surface area contributed by atoms with Crippen molar-refractivity contribution in [1.82, 2.24) is 4.72 Å². The number of nitrogens with one attached hydrogen (secondary N) is 1. The number of aliphatic hydroxyl groups excluding tert-OH is 1. The van der Waals surface area contributed by atoms with E-state index in [1.807, 2.05) is 0 Å². The SMILES string of the molecule is C[C@@H](O)CNS(=O)(=O)c1ccc(OC(F)(F)F)cc1. The van der Waals surface area contributed by atoms with Gasteiger partial charge in [0.2, 0.25) is 10.0 Å². The molecule has 5 nitrogen and oxygen atoms in total. The molecule has 0 aliphatic heterocycles. The molecular formula is C10H12F3NO4S. The van der Waals surface area contributed by atoms with E-state index in [1.165, 1.54) is 6.92 Å². The summed E-state index contributed by atoms with van der Waals surface area (Å²) in [5.74, 6) is -0.512. The number of sulfonamides is 1. The van der Waals surface area contributed by atoms with E-state index in [0.717, 1.165) is 24.3 Å². The Morgan fingerprint density at radius 1 is 1.32 bits per heavy atom. The first-order valence-corrected chi connectivity index (χ1v) is 6.62. The Bertz CT molecular complexity index is 511. The van der Waals surface area contributed by atoms with Crippen LogP contribution in [0.5, 0.6) is 5.75 Å². The fourth-order valence-corrected chi connectivity index (χ4v) is 2.26. The van der Waals surface area contributed by atoms with E-state index in [4.69, 9.17) is 5.11 Å². The van der Waals surface area contributed by atoms with Crippen molar-refractivity contribution in [1.29, 1.82) is 0 Å². The fourth-order valence-electron chi connectivity index (χ4n) is 1.13. The molecule has 0 amide bonds. The summed E-state index contributed by atoms with van der Waals surface area (Å²) < 4.78 is 64.7. The van der Waals surface area contributed by atoms with Gasteiger partial charge in [-0.15, -0.1) is 13.2 Å². The summed E-state index contributed by atoms with van der Waals surface area (Å²) in [6, 6.07) is 3.74. The zero-order chi connectivity index (χ0) is 14.7. The molecule has 9 heteroatoms. The Labute approximate surface area is 108 Å². The Morgan fingerprint density at radius 2 is 1.84 bits per heavy atom. The second-order valence-electron chi connectivity index (χ2n) is 3.72. The minimum Gasteiger partial charge on any atom is -0.406 e. The molecule has 1 rings (SSSR count). The van der Waals surface area contributed by atoms with Crippen LogP contribution in [-0.2, 0) is 10.0 Å². The predicted molar refractivity (Wildman–Crippen MR) is 60.0 cm³/mol. The summed E-state index contributed by atoms with van der Waals surface area (Å²) >= 11 is 0. The molecule has 1 aromatic carbocycles. The lowest BCUT2D eigenvalue weighted by Crippen LogP contribution is -2.30. The fraction of sp³-hybridized carbons (Fsp3) is 0.400. The van der Waals surface area contributed by atoms with Crippen molar-refractivity contribution in [2.45, 2.75) is 24.3 Å². The molecule has 1 atom stereocenters. The van der Waals surface area contributed by atoms with E-state index in [-0.39, 0.29) is 11.4 Å². The van der Waals surface area contributed by atoms with Crippen LogP contribution in [0, 0.1) is 0 Å². The standard InChI is InChI=1S/C10H12F3NO4S/c1-7(15)6-14-19(16,17)9-4-2-8(3-5-9)18-10(11,12)13/h2-5,7,14-15H,6H2,1H3/t7-/m1/s1.